The second-order valence-corrected chi connectivity index (χ2v) is 9.15. The molecule has 0 bridgehead atoms. The molecule has 33 heavy (non-hydrogen) atoms. The molecule has 0 radical (unpaired) electrons. The summed E-state index contributed by atoms with van der Waals surface area (Å²) in [6.07, 6.45) is 10.7. The first-order valence-electron chi connectivity index (χ1n) is 12.3. The van der Waals surface area contributed by atoms with Crippen molar-refractivity contribution in [3.63, 3.8) is 0 Å². The Kier molecular flexibility index (Phi) is 9.35. The molecule has 0 heterocycles. The lowest BCUT2D eigenvalue weighted by Gasteiger charge is -2.21. The molecule has 2 N–H and O–H groups in total. The Morgan fingerprint density at radius 1 is 1.09 bits per heavy atom. The van der Waals surface area contributed by atoms with Gasteiger partial charge in [-0.1, -0.05) is 50.3 Å². The first-order valence-corrected chi connectivity index (χ1v) is 12.3. The summed E-state index contributed by atoms with van der Waals surface area (Å²) in [6.45, 7) is 4.59. The fourth-order valence-corrected chi connectivity index (χ4v) is 4.73. The van der Waals surface area contributed by atoms with Crippen molar-refractivity contribution in [2.45, 2.75) is 71.6 Å². The number of nitrogens with one attached hydrogen (secondary N) is 1. The standard InChI is InChI=1S/C27H35NO2.CH2O2/c1-3-30-26-11-7-10-24(19(26)2)25-17-16-23(18-22(25)15-14-20-12-13-20)28-27(29)21-8-5-4-6-9-21;2-1-3/h7,10-11,16-18,20-21H,3-6,8-9,12-15H2,1-2H3,(H,28,29);1H,(H,2,3). The number of carbonyl (C=O) groups is 2. The molecule has 0 spiro atoms. The molecule has 5 nitrogen and oxygen atoms in total. The van der Waals surface area contributed by atoms with Crippen molar-refractivity contribution >= 4 is 18.1 Å². The summed E-state index contributed by atoms with van der Waals surface area (Å²) in [5, 5.41) is 10.1. The molecule has 1 amide bonds. The number of amides is 1. The molecule has 2 aromatic rings. The molecule has 4 rings (SSSR count). The van der Waals surface area contributed by atoms with Gasteiger partial charge in [-0.25, -0.2) is 0 Å². The van der Waals surface area contributed by atoms with Gasteiger partial charge >= 0.3 is 0 Å². The topological polar surface area (TPSA) is 75.6 Å². The summed E-state index contributed by atoms with van der Waals surface area (Å²) >= 11 is 0. The maximum absolute atomic E-state index is 12.8. The van der Waals surface area contributed by atoms with E-state index in [4.69, 9.17) is 14.6 Å². The van der Waals surface area contributed by atoms with E-state index < -0.39 is 0 Å². The van der Waals surface area contributed by atoms with Crippen LogP contribution >= 0.6 is 0 Å². The average Bonchev–Trinajstić information content (AvgIpc) is 3.65. The normalized spacial score (nSPS) is 15.8. The lowest BCUT2D eigenvalue weighted by Crippen LogP contribution is -2.24. The average molecular weight is 452 g/mol. The SMILES string of the molecule is CCOc1cccc(-c2ccc(NC(=O)C3CCCCC3)cc2CCC2CC2)c1C.O=CO. The fourth-order valence-electron chi connectivity index (χ4n) is 4.73. The maximum atomic E-state index is 12.8. The molecule has 178 valence electrons. The minimum atomic E-state index is -0.250. The first kappa shape index (κ1) is 24.8. The van der Waals surface area contributed by atoms with Gasteiger partial charge in [-0.15, -0.1) is 0 Å². The van der Waals surface area contributed by atoms with E-state index in [0.29, 0.717) is 6.61 Å². The number of hydrogen-bond acceptors (Lipinski definition) is 3. The van der Waals surface area contributed by atoms with Crippen molar-refractivity contribution < 1.29 is 19.4 Å². The predicted molar refractivity (Wildman–Crippen MR) is 133 cm³/mol. The van der Waals surface area contributed by atoms with Gasteiger partial charge in [-0.2, -0.15) is 0 Å². The monoisotopic (exact) mass is 451 g/mol. The summed E-state index contributed by atoms with van der Waals surface area (Å²) in [4.78, 5) is 21.1. The zero-order valence-electron chi connectivity index (χ0n) is 19.9. The Morgan fingerprint density at radius 3 is 2.48 bits per heavy atom. The fraction of sp³-hybridized carbons (Fsp3) is 0.500. The van der Waals surface area contributed by atoms with Crippen LogP contribution in [0.15, 0.2) is 36.4 Å². The molecule has 0 atom stereocenters. The summed E-state index contributed by atoms with van der Waals surface area (Å²) in [5.41, 5.74) is 5.96. The Bertz CT molecular complexity index is 929. The largest absolute Gasteiger partial charge is 0.494 e. The van der Waals surface area contributed by atoms with Crippen LogP contribution in [0.4, 0.5) is 5.69 Å². The molecule has 2 aromatic carbocycles. The Hall–Kier alpha value is -2.82. The molecule has 0 aliphatic heterocycles. The van der Waals surface area contributed by atoms with Crippen LogP contribution in [0.25, 0.3) is 11.1 Å². The van der Waals surface area contributed by atoms with Gasteiger partial charge in [0.15, 0.2) is 0 Å². The molecule has 0 saturated heterocycles. The number of carbonyl (C=O) groups excluding carboxylic acids is 1. The van der Waals surface area contributed by atoms with Crippen molar-refractivity contribution in [1.82, 2.24) is 0 Å². The van der Waals surface area contributed by atoms with Crippen molar-refractivity contribution in [2.75, 3.05) is 11.9 Å². The summed E-state index contributed by atoms with van der Waals surface area (Å²) in [7, 11) is 0. The van der Waals surface area contributed by atoms with E-state index in [-0.39, 0.29) is 18.3 Å². The quantitative estimate of drug-likeness (QED) is 0.442. The highest BCUT2D eigenvalue weighted by Crippen LogP contribution is 2.38. The highest BCUT2D eigenvalue weighted by Gasteiger charge is 2.23. The van der Waals surface area contributed by atoms with Crippen LogP contribution < -0.4 is 10.1 Å². The van der Waals surface area contributed by atoms with Gasteiger partial charge in [0.2, 0.25) is 5.91 Å². The molecule has 2 fully saturated rings. The Morgan fingerprint density at radius 2 is 1.82 bits per heavy atom. The van der Waals surface area contributed by atoms with Crippen LogP contribution in [0, 0.1) is 18.8 Å². The van der Waals surface area contributed by atoms with Gasteiger partial charge in [0.1, 0.15) is 5.75 Å². The van der Waals surface area contributed by atoms with Crippen LogP contribution in [-0.2, 0) is 16.0 Å². The number of aryl methyl sites for hydroxylation is 1. The van der Waals surface area contributed by atoms with E-state index in [1.807, 2.05) is 13.0 Å². The van der Waals surface area contributed by atoms with Crippen LogP contribution in [-0.4, -0.2) is 24.1 Å². The number of carboxylic acid groups (broad SMARTS) is 1. The molecule has 0 aromatic heterocycles. The minimum Gasteiger partial charge on any atom is -0.494 e. The highest BCUT2D eigenvalue weighted by molar-refractivity contribution is 5.93. The lowest BCUT2D eigenvalue weighted by atomic mass is 9.88. The van der Waals surface area contributed by atoms with Gasteiger partial charge in [0.05, 0.1) is 6.61 Å². The third-order valence-corrected chi connectivity index (χ3v) is 6.74. The maximum Gasteiger partial charge on any atom is 0.290 e. The lowest BCUT2D eigenvalue weighted by molar-refractivity contribution is -0.123. The van der Waals surface area contributed by atoms with E-state index >= 15 is 0 Å². The van der Waals surface area contributed by atoms with Gasteiger partial charge in [-0.3, -0.25) is 9.59 Å². The van der Waals surface area contributed by atoms with Crippen LogP contribution in [0.1, 0.15) is 69.4 Å². The van der Waals surface area contributed by atoms with Gasteiger partial charge in [0.25, 0.3) is 6.47 Å². The van der Waals surface area contributed by atoms with Crippen molar-refractivity contribution in [3.05, 3.63) is 47.5 Å². The molecule has 5 heteroatoms. The van der Waals surface area contributed by atoms with Crippen LogP contribution in [0.3, 0.4) is 0 Å². The first-order chi connectivity index (χ1) is 16.1. The summed E-state index contributed by atoms with van der Waals surface area (Å²) < 4.78 is 5.83. The van der Waals surface area contributed by atoms with Crippen LogP contribution in [0.2, 0.25) is 0 Å². The molecular formula is C28H37NO4. The third-order valence-electron chi connectivity index (χ3n) is 6.74. The smallest absolute Gasteiger partial charge is 0.290 e. The second kappa shape index (κ2) is 12.4. The van der Waals surface area contributed by atoms with Crippen molar-refractivity contribution in [2.24, 2.45) is 11.8 Å². The molecular weight excluding hydrogens is 414 g/mol. The molecule has 2 saturated carbocycles. The van der Waals surface area contributed by atoms with Gasteiger partial charge < -0.3 is 15.2 Å². The van der Waals surface area contributed by atoms with E-state index in [1.54, 1.807) is 0 Å². The number of rotatable bonds is 8. The molecule has 0 unspecified atom stereocenters. The number of anilines is 1. The Balaban J connectivity index is 0.000000968. The van der Waals surface area contributed by atoms with E-state index in [2.05, 4.69) is 42.6 Å². The van der Waals surface area contributed by atoms with Crippen LogP contribution in [0.5, 0.6) is 5.75 Å². The Labute approximate surface area is 197 Å². The van der Waals surface area contributed by atoms with E-state index in [9.17, 15) is 4.79 Å². The molecule has 2 aliphatic carbocycles. The number of hydrogen-bond donors (Lipinski definition) is 2. The van der Waals surface area contributed by atoms with Crippen molar-refractivity contribution in [3.8, 4) is 16.9 Å². The van der Waals surface area contributed by atoms with Crippen molar-refractivity contribution in [1.29, 1.82) is 0 Å². The zero-order valence-corrected chi connectivity index (χ0v) is 19.9. The number of ether oxygens (including phenoxy) is 1. The predicted octanol–water partition coefficient (Wildman–Crippen LogP) is 6.62. The minimum absolute atomic E-state index is 0.179. The molecule has 2 aliphatic rings. The highest BCUT2D eigenvalue weighted by atomic mass is 16.5. The van der Waals surface area contributed by atoms with Gasteiger partial charge in [0, 0.05) is 11.6 Å². The van der Waals surface area contributed by atoms with Gasteiger partial charge in [-0.05, 0) is 85.9 Å². The summed E-state index contributed by atoms with van der Waals surface area (Å²) in [6, 6.07) is 12.8. The third kappa shape index (κ3) is 7.08. The zero-order chi connectivity index (χ0) is 23.6. The van der Waals surface area contributed by atoms with E-state index in [0.717, 1.165) is 36.6 Å². The second-order valence-electron chi connectivity index (χ2n) is 9.15. The van der Waals surface area contributed by atoms with E-state index in [1.165, 1.54) is 60.8 Å². The number of benzene rings is 2. The summed E-state index contributed by atoms with van der Waals surface area (Å²) in [5.74, 6) is 2.22.